The Morgan fingerprint density at radius 3 is 2.81 bits per heavy atom. The highest BCUT2D eigenvalue weighted by atomic mass is 19.1. The molecular weight excluding hydrogens is 265 g/mol. The van der Waals surface area contributed by atoms with E-state index < -0.39 is 0 Å². The molecule has 2 aliphatic carbocycles. The van der Waals surface area contributed by atoms with Crippen LogP contribution >= 0.6 is 0 Å². The van der Waals surface area contributed by atoms with E-state index in [9.17, 15) is 4.39 Å². The molecule has 0 saturated heterocycles. The van der Waals surface area contributed by atoms with Gasteiger partial charge in [-0.15, -0.1) is 0 Å². The van der Waals surface area contributed by atoms with Crippen LogP contribution in [0.5, 0.6) is 0 Å². The minimum Gasteiger partial charge on any atom is -0.378 e. The fourth-order valence-electron chi connectivity index (χ4n) is 4.29. The molecule has 2 fully saturated rings. The van der Waals surface area contributed by atoms with Gasteiger partial charge in [0.15, 0.2) is 0 Å². The topological polar surface area (TPSA) is 21.3 Å². The van der Waals surface area contributed by atoms with Crippen molar-refractivity contribution in [3.05, 3.63) is 35.6 Å². The molecule has 2 saturated carbocycles. The van der Waals surface area contributed by atoms with E-state index in [-0.39, 0.29) is 11.9 Å². The first-order chi connectivity index (χ1) is 10.2. The van der Waals surface area contributed by atoms with Gasteiger partial charge in [0, 0.05) is 24.1 Å². The molecule has 2 unspecified atom stereocenters. The number of halogens is 1. The van der Waals surface area contributed by atoms with E-state index in [1.807, 2.05) is 6.07 Å². The molecule has 0 radical (unpaired) electrons. The summed E-state index contributed by atoms with van der Waals surface area (Å²) in [6.45, 7) is 5.02. The van der Waals surface area contributed by atoms with E-state index in [1.54, 1.807) is 12.1 Å². The summed E-state index contributed by atoms with van der Waals surface area (Å²) in [5.41, 5.74) is 1.36. The zero-order valence-electron chi connectivity index (χ0n) is 13.1. The maximum absolute atomic E-state index is 13.4. The van der Waals surface area contributed by atoms with Gasteiger partial charge in [0.2, 0.25) is 0 Å². The van der Waals surface area contributed by atoms with Crippen molar-refractivity contribution < 1.29 is 9.13 Å². The molecule has 0 heterocycles. The van der Waals surface area contributed by atoms with Crippen LogP contribution in [0.4, 0.5) is 4.39 Å². The van der Waals surface area contributed by atoms with Gasteiger partial charge < -0.3 is 10.1 Å². The molecule has 2 aliphatic rings. The van der Waals surface area contributed by atoms with Crippen molar-refractivity contribution in [3.63, 3.8) is 0 Å². The monoisotopic (exact) mass is 291 g/mol. The highest BCUT2D eigenvalue weighted by Gasteiger charge is 2.56. The Balaban J connectivity index is 1.67. The molecule has 1 aromatic carbocycles. The van der Waals surface area contributed by atoms with Crippen molar-refractivity contribution >= 4 is 0 Å². The van der Waals surface area contributed by atoms with Crippen LogP contribution in [-0.4, -0.2) is 18.8 Å². The van der Waals surface area contributed by atoms with Gasteiger partial charge >= 0.3 is 0 Å². The largest absolute Gasteiger partial charge is 0.378 e. The van der Waals surface area contributed by atoms with Crippen LogP contribution in [0.25, 0.3) is 0 Å². The highest BCUT2D eigenvalue weighted by Crippen LogP contribution is 2.55. The predicted octanol–water partition coefficient (Wildman–Crippen LogP) is 4.21. The molecule has 0 amide bonds. The molecule has 2 nitrogen and oxygen atoms in total. The van der Waals surface area contributed by atoms with Gasteiger partial charge in [-0.05, 0) is 50.8 Å². The number of ether oxygens (including phenoxy) is 1. The first-order valence-electron chi connectivity index (χ1n) is 8.29. The van der Waals surface area contributed by atoms with E-state index in [1.165, 1.54) is 31.7 Å². The Hall–Kier alpha value is -0.930. The van der Waals surface area contributed by atoms with Crippen molar-refractivity contribution in [2.45, 2.75) is 64.1 Å². The van der Waals surface area contributed by atoms with Crippen LogP contribution in [0.3, 0.4) is 0 Å². The van der Waals surface area contributed by atoms with Crippen molar-refractivity contribution in [1.82, 2.24) is 5.32 Å². The number of rotatable bonds is 5. The summed E-state index contributed by atoms with van der Waals surface area (Å²) in [5.74, 6) is -0.155. The van der Waals surface area contributed by atoms with Gasteiger partial charge in [0.05, 0.1) is 6.10 Å². The van der Waals surface area contributed by atoms with Gasteiger partial charge in [0.25, 0.3) is 0 Å². The minimum absolute atomic E-state index is 0.155. The van der Waals surface area contributed by atoms with Crippen molar-refractivity contribution in [2.75, 3.05) is 6.61 Å². The van der Waals surface area contributed by atoms with Crippen LogP contribution in [0.15, 0.2) is 24.3 Å². The molecule has 1 N–H and O–H groups in total. The third-order valence-corrected chi connectivity index (χ3v) is 5.49. The SMILES string of the molecule is CCOC1CC(N[C@H](C)c2cccc(F)c2)C12CCCC2. The third kappa shape index (κ3) is 2.74. The van der Waals surface area contributed by atoms with E-state index in [0.717, 1.165) is 18.6 Å². The van der Waals surface area contributed by atoms with Crippen molar-refractivity contribution in [1.29, 1.82) is 0 Å². The second-order valence-electron chi connectivity index (χ2n) is 6.62. The molecule has 3 rings (SSSR count). The maximum Gasteiger partial charge on any atom is 0.123 e. The second kappa shape index (κ2) is 6.05. The lowest BCUT2D eigenvalue weighted by molar-refractivity contribution is -0.132. The lowest BCUT2D eigenvalue weighted by atomic mass is 9.60. The Kier molecular flexibility index (Phi) is 4.32. The summed E-state index contributed by atoms with van der Waals surface area (Å²) < 4.78 is 19.3. The standard InChI is InChI=1S/C18H26FNO/c1-3-21-17-12-16(18(17)9-4-5-10-18)20-13(2)14-7-6-8-15(19)11-14/h6-8,11,13,16-17,20H,3-5,9-10,12H2,1-2H3/t13-,16?,17?/m1/s1. The average molecular weight is 291 g/mol. The molecule has 116 valence electrons. The molecule has 3 heteroatoms. The quantitative estimate of drug-likeness (QED) is 0.877. The predicted molar refractivity (Wildman–Crippen MR) is 82.7 cm³/mol. The van der Waals surface area contributed by atoms with Crippen molar-refractivity contribution in [3.8, 4) is 0 Å². The van der Waals surface area contributed by atoms with Crippen LogP contribution in [0, 0.1) is 11.2 Å². The van der Waals surface area contributed by atoms with E-state index in [4.69, 9.17) is 4.74 Å². The zero-order valence-corrected chi connectivity index (χ0v) is 13.1. The summed E-state index contributed by atoms with van der Waals surface area (Å²) in [7, 11) is 0. The minimum atomic E-state index is -0.155. The number of nitrogens with one attached hydrogen (secondary N) is 1. The average Bonchev–Trinajstić information content (AvgIpc) is 2.98. The molecule has 1 aromatic rings. The molecule has 21 heavy (non-hydrogen) atoms. The van der Waals surface area contributed by atoms with E-state index in [2.05, 4.69) is 19.2 Å². The van der Waals surface area contributed by atoms with Crippen LogP contribution in [0.1, 0.15) is 57.6 Å². The smallest absolute Gasteiger partial charge is 0.123 e. The molecule has 0 aromatic heterocycles. The molecule has 1 spiro atoms. The number of hydrogen-bond donors (Lipinski definition) is 1. The maximum atomic E-state index is 13.4. The van der Waals surface area contributed by atoms with E-state index >= 15 is 0 Å². The summed E-state index contributed by atoms with van der Waals surface area (Å²) in [4.78, 5) is 0. The first kappa shape index (κ1) is 15.0. The normalized spacial score (nSPS) is 28.5. The van der Waals surface area contributed by atoms with Gasteiger partial charge in [-0.25, -0.2) is 4.39 Å². The Labute approximate surface area is 127 Å². The molecule has 0 aliphatic heterocycles. The number of benzene rings is 1. The molecule has 3 atom stereocenters. The zero-order chi connectivity index (χ0) is 14.9. The lowest BCUT2D eigenvalue weighted by Crippen LogP contribution is -2.63. The summed E-state index contributed by atoms with van der Waals surface area (Å²) in [5, 5.41) is 3.73. The molecule has 0 bridgehead atoms. The summed E-state index contributed by atoms with van der Waals surface area (Å²) in [6.07, 6.45) is 6.68. The lowest BCUT2D eigenvalue weighted by Gasteiger charge is -2.55. The molecular formula is C18H26FNO. The van der Waals surface area contributed by atoms with Crippen LogP contribution in [0.2, 0.25) is 0 Å². The van der Waals surface area contributed by atoms with Crippen LogP contribution < -0.4 is 5.32 Å². The summed E-state index contributed by atoms with van der Waals surface area (Å²) >= 11 is 0. The highest BCUT2D eigenvalue weighted by molar-refractivity contribution is 5.21. The summed E-state index contributed by atoms with van der Waals surface area (Å²) in [6, 6.07) is 7.63. The Morgan fingerprint density at radius 1 is 1.38 bits per heavy atom. The first-order valence-corrected chi connectivity index (χ1v) is 8.29. The fourth-order valence-corrected chi connectivity index (χ4v) is 4.29. The number of hydrogen-bond acceptors (Lipinski definition) is 2. The van der Waals surface area contributed by atoms with Gasteiger partial charge in [-0.2, -0.15) is 0 Å². The van der Waals surface area contributed by atoms with Crippen LogP contribution in [-0.2, 0) is 4.74 Å². The van der Waals surface area contributed by atoms with Gasteiger partial charge in [-0.3, -0.25) is 0 Å². The van der Waals surface area contributed by atoms with Gasteiger partial charge in [0.1, 0.15) is 5.82 Å². The fraction of sp³-hybridized carbons (Fsp3) is 0.667. The Bertz CT molecular complexity index is 484. The van der Waals surface area contributed by atoms with Gasteiger partial charge in [-0.1, -0.05) is 25.0 Å². The Morgan fingerprint density at radius 2 is 2.14 bits per heavy atom. The van der Waals surface area contributed by atoms with Crippen molar-refractivity contribution in [2.24, 2.45) is 5.41 Å². The van der Waals surface area contributed by atoms with E-state index in [0.29, 0.717) is 17.6 Å². The second-order valence-corrected chi connectivity index (χ2v) is 6.62. The third-order valence-electron chi connectivity index (χ3n) is 5.49.